The van der Waals surface area contributed by atoms with Crippen molar-refractivity contribution < 1.29 is 14.6 Å². The van der Waals surface area contributed by atoms with Crippen molar-refractivity contribution in [3.05, 3.63) is 29.8 Å². The van der Waals surface area contributed by atoms with Crippen LogP contribution in [0.25, 0.3) is 0 Å². The van der Waals surface area contributed by atoms with Gasteiger partial charge in [-0.2, -0.15) is 0 Å². The van der Waals surface area contributed by atoms with Gasteiger partial charge in [0.1, 0.15) is 5.75 Å². The van der Waals surface area contributed by atoms with Gasteiger partial charge in [-0.25, -0.2) is 0 Å². The second-order valence-corrected chi connectivity index (χ2v) is 5.85. The molecule has 0 heterocycles. The van der Waals surface area contributed by atoms with Crippen LogP contribution < -0.4 is 15.8 Å². The molecule has 2 atom stereocenters. The first kappa shape index (κ1) is 16.5. The summed E-state index contributed by atoms with van der Waals surface area (Å²) in [5.41, 5.74) is 6.18. The number of hydrogen-bond acceptors (Lipinski definition) is 4. The first-order valence-electron chi connectivity index (χ1n) is 6.61. The topological polar surface area (TPSA) is 84.6 Å². The highest BCUT2D eigenvalue weighted by Crippen LogP contribution is 2.24. The molecule has 0 saturated heterocycles. The third kappa shape index (κ3) is 4.21. The summed E-state index contributed by atoms with van der Waals surface area (Å²) in [5.74, 6) is 0.320. The fourth-order valence-corrected chi connectivity index (χ4v) is 1.75. The van der Waals surface area contributed by atoms with E-state index in [1.807, 2.05) is 32.9 Å². The summed E-state index contributed by atoms with van der Waals surface area (Å²) in [6, 6.07) is 6.54. The van der Waals surface area contributed by atoms with E-state index >= 15 is 0 Å². The number of carbonyl (C=O) groups excluding carboxylic acids is 1. The molecule has 20 heavy (non-hydrogen) atoms. The minimum absolute atomic E-state index is 0.100. The molecule has 0 spiro atoms. The van der Waals surface area contributed by atoms with Gasteiger partial charge in [0.2, 0.25) is 5.91 Å². The van der Waals surface area contributed by atoms with Crippen molar-refractivity contribution in [3.63, 3.8) is 0 Å². The Morgan fingerprint density at radius 2 is 2.00 bits per heavy atom. The van der Waals surface area contributed by atoms with Crippen LogP contribution in [0.5, 0.6) is 5.75 Å². The normalized spacial score (nSPS) is 14.5. The number of aliphatic hydroxyl groups is 1. The second kappa shape index (κ2) is 6.72. The highest BCUT2D eigenvalue weighted by atomic mass is 16.5. The van der Waals surface area contributed by atoms with E-state index in [4.69, 9.17) is 10.5 Å². The zero-order valence-corrected chi connectivity index (χ0v) is 12.5. The number of methoxy groups -OCH3 is 1. The highest BCUT2D eigenvalue weighted by Gasteiger charge is 2.27. The molecule has 112 valence electrons. The minimum Gasteiger partial charge on any atom is -0.496 e. The van der Waals surface area contributed by atoms with Crippen LogP contribution in [0.1, 0.15) is 32.4 Å². The molecule has 0 aromatic heterocycles. The van der Waals surface area contributed by atoms with Crippen LogP contribution in [-0.4, -0.2) is 30.7 Å². The summed E-state index contributed by atoms with van der Waals surface area (Å²) < 4.78 is 5.18. The summed E-state index contributed by atoms with van der Waals surface area (Å²) >= 11 is 0. The lowest BCUT2D eigenvalue weighted by Gasteiger charge is -2.26. The van der Waals surface area contributed by atoms with Gasteiger partial charge in [0, 0.05) is 12.1 Å². The smallest absolute Gasteiger partial charge is 0.237 e. The Kier molecular flexibility index (Phi) is 5.53. The standard InChI is InChI=1S/C15H24N2O3/c1-15(2,3)13(16)14(19)17-9-11(18)10-7-5-6-8-12(10)20-4/h5-8,11,13,18H,9,16H2,1-4H3,(H,17,19)/t11?,13-/m1/s1. The number of carbonyl (C=O) groups is 1. The SMILES string of the molecule is COc1ccccc1C(O)CNC(=O)[C@@H](N)C(C)(C)C. The Morgan fingerprint density at radius 1 is 1.40 bits per heavy atom. The van der Waals surface area contributed by atoms with Crippen molar-refractivity contribution in [3.8, 4) is 5.75 Å². The molecule has 0 aliphatic carbocycles. The van der Waals surface area contributed by atoms with E-state index in [2.05, 4.69) is 5.32 Å². The molecule has 1 aromatic carbocycles. The van der Waals surface area contributed by atoms with Crippen molar-refractivity contribution in [1.29, 1.82) is 0 Å². The van der Waals surface area contributed by atoms with Gasteiger partial charge in [-0.15, -0.1) is 0 Å². The average Bonchev–Trinajstić information content (AvgIpc) is 2.42. The molecular weight excluding hydrogens is 256 g/mol. The van der Waals surface area contributed by atoms with Crippen molar-refractivity contribution in [2.24, 2.45) is 11.1 Å². The number of para-hydroxylation sites is 1. The molecule has 1 amide bonds. The number of ether oxygens (including phenoxy) is 1. The van der Waals surface area contributed by atoms with E-state index in [9.17, 15) is 9.90 Å². The third-order valence-electron chi connectivity index (χ3n) is 3.18. The monoisotopic (exact) mass is 280 g/mol. The van der Waals surface area contributed by atoms with Gasteiger partial charge >= 0.3 is 0 Å². The predicted octanol–water partition coefficient (Wildman–Crippen LogP) is 1.22. The van der Waals surface area contributed by atoms with E-state index in [0.29, 0.717) is 11.3 Å². The molecular formula is C15H24N2O3. The van der Waals surface area contributed by atoms with Gasteiger partial charge in [-0.05, 0) is 11.5 Å². The number of nitrogens with two attached hydrogens (primary N) is 1. The molecule has 0 radical (unpaired) electrons. The average molecular weight is 280 g/mol. The van der Waals surface area contributed by atoms with Gasteiger partial charge < -0.3 is 20.9 Å². The number of nitrogens with one attached hydrogen (secondary N) is 1. The number of benzene rings is 1. The molecule has 4 N–H and O–H groups in total. The number of hydrogen-bond donors (Lipinski definition) is 3. The Morgan fingerprint density at radius 3 is 2.55 bits per heavy atom. The first-order valence-corrected chi connectivity index (χ1v) is 6.61. The van der Waals surface area contributed by atoms with E-state index in [1.54, 1.807) is 19.2 Å². The van der Waals surface area contributed by atoms with E-state index in [1.165, 1.54) is 0 Å². The van der Waals surface area contributed by atoms with E-state index in [0.717, 1.165) is 0 Å². The maximum atomic E-state index is 11.9. The van der Waals surface area contributed by atoms with Crippen LogP contribution in [0.4, 0.5) is 0 Å². The molecule has 1 rings (SSSR count). The van der Waals surface area contributed by atoms with Gasteiger partial charge in [0.05, 0.1) is 19.3 Å². The molecule has 0 aliphatic rings. The van der Waals surface area contributed by atoms with Crippen molar-refractivity contribution in [1.82, 2.24) is 5.32 Å². The van der Waals surface area contributed by atoms with Crippen LogP contribution in [0.15, 0.2) is 24.3 Å². The summed E-state index contributed by atoms with van der Waals surface area (Å²) in [6.07, 6.45) is -0.831. The molecule has 5 nitrogen and oxygen atoms in total. The van der Waals surface area contributed by atoms with E-state index in [-0.39, 0.29) is 17.9 Å². The molecule has 1 aromatic rings. The van der Waals surface area contributed by atoms with Gasteiger partial charge in [0.15, 0.2) is 0 Å². The maximum Gasteiger partial charge on any atom is 0.237 e. The Balaban J connectivity index is 2.64. The molecule has 0 aliphatic heterocycles. The van der Waals surface area contributed by atoms with E-state index < -0.39 is 12.1 Å². The molecule has 0 fully saturated rings. The Hall–Kier alpha value is -1.59. The third-order valence-corrected chi connectivity index (χ3v) is 3.18. The van der Waals surface area contributed by atoms with Crippen LogP contribution in [0.3, 0.4) is 0 Å². The number of aliphatic hydroxyl groups excluding tert-OH is 1. The molecule has 1 unspecified atom stereocenters. The highest BCUT2D eigenvalue weighted by molar-refractivity contribution is 5.82. The number of amides is 1. The van der Waals surface area contributed by atoms with Crippen molar-refractivity contribution in [2.45, 2.75) is 32.9 Å². The fraction of sp³-hybridized carbons (Fsp3) is 0.533. The first-order chi connectivity index (χ1) is 9.27. The predicted molar refractivity (Wildman–Crippen MR) is 78.4 cm³/mol. The quantitative estimate of drug-likeness (QED) is 0.757. The molecule has 0 bridgehead atoms. The van der Waals surface area contributed by atoms with Crippen LogP contribution in [-0.2, 0) is 4.79 Å². The van der Waals surface area contributed by atoms with Gasteiger partial charge in [-0.1, -0.05) is 39.0 Å². The van der Waals surface area contributed by atoms with Gasteiger partial charge in [-0.3, -0.25) is 4.79 Å². The largest absolute Gasteiger partial charge is 0.496 e. The lowest BCUT2D eigenvalue weighted by molar-refractivity contribution is -0.125. The second-order valence-electron chi connectivity index (χ2n) is 5.85. The molecule has 5 heteroatoms. The van der Waals surface area contributed by atoms with Crippen LogP contribution in [0.2, 0.25) is 0 Å². The van der Waals surface area contributed by atoms with Crippen molar-refractivity contribution >= 4 is 5.91 Å². The zero-order valence-electron chi connectivity index (χ0n) is 12.5. The fourth-order valence-electron chi connectivity index (χ4n) is 1.75. The summed E-state index contributed by atoms with van der Waals surface area (Å²) in [4.78, 5) is 11.9. The number of rotatable bonds is 5. The summed E-state index contributed by atoms with van der Waals surface area (Å²) in [7, 11) is 1.54. The summed E-state index contributed by atoms with van der Waals surface area (Å²) in [5, 5.41) is 12.8. The van der Waals surface area contributed by atoms with Crippen LogP contribution >= 0.6 is 0 Å². The van der Waals surface area contributed by atoms with Crippen LogP contribution in [0, 0.1) is 5.41 Å². The Bertz CT molecular complexity index is 455. The maximum absolute atomic E-state index is 11.9. The summed E-state index contributed by atoms with van der Waals surface area (Å²) in [6.45, 7) is 5.79. The molecule has 0 saturated carbocycles. The van der Waals surface area contributed by atoms with Crippen molar-refractivity contribution in [2.75, 3.05) is 13.7 Å². The lowest BCUT2D eigenvalue weighted by Crippen LogP contribution is -2.49. The minimum atomic E-state index is -0.831. The van der Waals surface area contributed by atoms with Gasteiger partial charge in [0.25, 0.3) is 0 Å². The lowest BCUT2D eigenvalue weighted by atomic mass is 9.87. The Labute approximate surface area is 120 Å². The zero-order chi connectivity index (χ0) is 15.3.